The van der Waals surface area contributed by atoms with Crippen molar-refractivity contribution in [1.29, 1.82) is 5.26 Å². The van der Waals surface area contributed by atoms with E-state index in [0.717, 1.165) is 12.8 Å². The van der Waals surface area contributed by atoms with E-state index < -0.39 is 0 Å². The lowest BCUT2D eigenvalue weighted by Gasteiger charge is -2.28. The van der Waals surface area contributed by atoms with E-state index in [2.05, 4.69) is 0 Å². The van der Waals surface area contributed by atoms with E-state index in [4.69, 9.17) is 5.26 Å². The van der Waals surface area contributed by atoms with E-state index in [9.17, 15) is 4.79 Å². The van der Waals surface area contributed by atoms with Crippen LogP contribution in [0.1, 0.15) is 25.7 Å². The highest BCUT2D eigenvalue weighted by Gasteiger charge is 2.27. The maximum absolute atomic E-state index is 11.4. The summed E-state index contributed by atoms with van der Waals surface area (Å²) in [6.45, 7) is 0.575. The molecule has 0 aromatic rings. The minimum atomic E-state index is 0.219. The number of amides is 1. The second-order valence-electron chi connectivity index (χ2n) is 3.30. The first-order valence-electron chi connectivity index (χ1n) is 4.37. The lowest BCUT2D eigenvalue weighted by Crippen LogP contribution is -2.36. The Balaban J connectivity index is 2.26. The summed E-state index contributed by atoms with van der Waals surface area (Å²) in [6.07, 6.45) is 3.70. The summed E-state index contributed by atoms with van der Waals surface area (Å²) >= 11 is 0. The molecule has 0 aromatic carbocycles. The first kappa shape index (κ1) is 9.05. The first-order valence-corrected chi connectivity index (χ1v) is 4.37. The topological polar surface area (TPSA) is 44.1 Å². The highest BCUT2D eigenvalue weighted by atomic mass is 16.2. The standard InChI is InChI=1S/C9H14N2O/c1-11(7-3-6-10)9(12)8-4-2-5-8/h8H,2-5,7H2,1H3. The van der Waals surface area contributed by atoms with Gasteiger partial charge in [0.25, 0.3) is 0 Å². The molecule has 66 valence electrons. The number of nitrogens with zero attached hydrogens (tertiary/aromatic N) is 2. The molecule has 0 N–H and O–H groups in total. The van der Waals surface area contributed by atoms with Crippen LogP contribution in [0.5, 0.6) is 0 Å². The Bertz CT molecular complexity index is 203. The minimum absolute atomic E-state index is 0.219. The summed E-state index contributed by atoms with van der Waals surface area (Å²) in [4.78, 5) is 13.1. The van der Waals surface area contributed by atoms with E-state index in [0.29, 0.717) is 13.0 Å². The van der Waals surface area contributed by atoms with Gasteiger partial charge < -0.3 is 4.90 Å². The normalized spacial score (nSPS) is 16.3. The number of rotatable bonds is 3. The Hall–Kier alpha value is -1.04. The average Bonchev–Trinajstić information content (AvgIpc) is 1.96. The molecule has 1 amide bonds. The molecule has 0 spiro atoms. The molecular formula is C9H14N2O. The van der Waals surface area contributed by atoms with Gasteiger partial charge in [-0.25, -0.2) is 0 Å². The van der Waals surface area contributed by atoms with Gasteiger partial charge in [-0.05, 0) is 12.8 Å². The number of hydrogen-bond acceptors (Lipinski definition) is 2. The van der Waals surface area contributed by atoms with Crippen molar-refractivity contribution in [3.8, 4) is 6.07 Å². The fourth-order valence-electron chi connectivity index (χ4n) is 1.29. The SMILES string of the molecule is CN(CCC#N)C(=O)C1CCC1. The molecule has 0 unspecified atom stereocenters. The molecule has 1 aliphatic carbocycles. The van der Waals surface area contributed by atoms with Crippen molar-refractivity contribution in [3.63, 3.8) is 0 Å². The van der Waals surface area contributed by atoms with Crippen LogP contribution in [-0.2, 0) is 4.79 Å². The van der Waals surface area contributed by atoms with Crippen LogP contribution in [0.15, 0.2) is 0 Å². The van der Waals surface area contributed by atoms with Gasteiger partial charge in [0.15, 0.2) is 0 Å². The predicted molar refractivity (Wildman–Crippen MR) is 45.2 cm³/mol. The molecule has 3 nitrogen and oxygen atoms in total. The highest BCUT2D eigenvalue weighted by molar-refractivity contribution is 5.79. The zero-order valence-corrected chi connectivity index (χ0v) is 7.42. The molecule has 0 atom stereocenters. The third-order valence-corrected chi connectivity index (χ3v) is 2.39. The maximum atomic E-state index is 11.4. The van der Waals surface area contributed by atoms with Gasteiger partial charge in [-0.1, -0.05) is 6.42 Å². The zero-order chi connectivity index (χ0) is 8.97. The van der Waals surface area contributed by atoms with Crippen LogP contribution < -0.4 is 0 Å². The number of hydrogen-bond donors (Lipinski definition) is 0. The van der Waals surface area contributed by atoms with Crippen LogP contribution in [-0.4, -0.2) is 24.4 Å². The second kappa shape index (κ2) is 4.10. The van der Waals surface area contributed by atoms with Crippen LogP contribution in [0.4, 0.5) is 0 Å². The monoisotopic (exact) mass is 166 g/mol. The summed E-state index contributed by atoms with van der Waals surface area (Å²) < 4.78 is 0. The van der Waals surface area contributed by atoms with Crippen LogP contribution in [0, 0.1) is 17.2 Å². The smallest absolute Gasteiger partial charge is 0.225 e. The van der Waals surface area contributed by atoms with E-state index in [1.807, 2.05) is 6.07 Å². The van der Waals surface area contributed by atoms with Crippen molar-refractivity contribution in [2.75, 3.05) is 13.6 Å². The molecule has 0 aromatic heterocycles. The van der Waals surface area contributed by atoms with Gasteiger partial charge in [0.1, 0.15) is 0 Å². The second-order valence-corrected chi connectivity index (χ2v) is 3.30. The average molecular weight is 166 g/mol. The van der Waals surface area contributed by atoms with E-state index in [1.165, 1.54) is 6.42 Å². The van der Waals surface area contributed by atoms with Gasteiger partial charge in [0.2, 0.25) is 5.91 Å². The Labute approximate surface area is 73.0 Å². The van der Waals surface area contributed by atoms with Crippen molar-refractivity contribution in [2.45, 2.75) is 25.7 Å². The molecular weight excluding hydrogens is 152 g/mol. The molecule has 1 aliphatic rings. The molecule has 1 saturated carbocycles. The van der Waals surface area contributed by atoms with Crippen molar-refractivity contribution in [3.05, 3.63) is 0 Å². The summed E-state index contributed by atoms with van der Waals surface area (Å²) in [5.74, 6) is 0.477. The number of carbonyl (C=O) groups excluding carboxylic acids is 1. The molecule has 0 heterocycles. The first-order chi connectivity index (χ1) is 5.75. The Morgan fingerprint density at radius 2 is 2.33 bits per heavy atom. The summed E-state index contributed by atoms with van der Waals surface area (Å²) in [5.41, 5.74) is 0. The Morgan fingerprint density at radius 1 is 1.67 bits per heavy atom. The third kappa shape index (κ3) is 1.97. The fourth-order valence-corrected chi connectivity index (χ4v) is 1.29. The van der Waals surface area contributed by atoms with E-state index in [-0.39, 0.29) is 11.8 Å². The van der Waals surface area contributed by atoms with Crippen LogP contribution in [0.25, 0.3) is 0 Å². The zero-order valence-electron chi connectivity index (χ0n) is 7.42. The van der Waals surface area contributed by atoms with Gasteiger partial charge in [-0.3, -0.25) is 4.79 Å². The number of nitriles is 1. The summed E-state index contributed by atoms with van der Waals surface area (Å²) in [6, 6.07) is 2.03. The largest absolute Gasteiger partial charge is 0.344 e. The maximum Gasteiger partial charge on any atom is 0.225 e. The Morgan fingerprint density at radius 3 is 2.75 bits per heavy atom. The van der Waals surface area contributed by atoms with E-state index >= 15 is 0 Å². The van der Waals surface area contributed by atoms with Crippen LogP contribution in [0.3, 0.4) is 0 Å². The lowest BCUT2D eigenvalue weighted by atomic mass is 9.84. The fraction of sp³-hybridized carbons (Fsp3) is 0.778. The van der Waals surface area contributed by atoms with E-state index in [1.54, 1.807) is 11.9 Å². The molecule has 0 saturated heterocycles. The minimum Gasteiger partial charge on any atom is -0.344 e. The van der Waals surface area contributed by atoms with Crippen LogP contribution >= 0.6 is 0 Å². The number of carbonyl (C=O) groups is 1. The molecule has 0 bridgehead atoms. The Kier molecular flexibility index (Phi) is 3.09. The third-order valence-electron chi connectivity index (χ3n) is 2.39. The lowest BCUT2D eigenvalue weighted by molar-refractivity contribution is -0.136. The quantitative estimate of drug-likeness (QED) is 0.631. The summed E-state index contributed by atoms with van der Waals surface area (Å²) in [7, 11) is 1.78. The molecule has 1 fully saturated rings. The summed E-state index contributed by atoms with van der Waals surface area (Å²) in [5, 5.41) is 8.32. The molecule has 1 rings (SSSR count). The molecule has 0 radical (unpaired) electrons. The van der Waals surface area contributed by atoms with Gasteiger partial charge in [0.05, 0.1) is 12.5 Å². The predicted octanol–water partition coefficient (Wildman–Crippen LogP) is 1.16. The van der Waals surface area contributed by atoms with Crippen molar-refractivity contribution in [1.82, 2.24) is 4.90 Å². The van der Waals surface area contributed by atoms with Crippen molar-refractivity contribution in [2.24, 2.45) is 5.92 Å². The van der Waals surface area contributed by atoms with Gasteiger partial charge in [-0.2, -0.15) is 5.26 Å². The van der Waals surface area contributed by atoms with Crippen LogP contribution in [0.2, 0.25) is 0 Å². The van der Waals surface area contributed by atoms with Crippen molar-refractivity contribution >= 4 is 5.91 Å². The molecule has 3 heteroatoms. The van der Waals surface area contributed by atoms with Crippen molar-refractivity contribution < 1.29 is 4.79 Å². The molecule has 0 aliphatic heterocycles. The van der Waals surface area contributed by atoms with Gasteiger partial charge in [-0.15, -0.1) is 0 Å². The highest BCUT2D eigenvalue weighted by Crippen LogP contribution is 2.27. The van der Waals surface area contributed by atoms with Gasteiger partial charge in [0, 0.05) is 19.5 Å². The van der Waals surface area contributed by atoms with Gasteiger partial charge >= 0.3 is 0 Å². The molecule has 12 heavy (non-hydrogen) atoms.